The minimum atomic E-state index is -0.810. The predicted octanol–water partition coefficient (Wildman–Crippen LogP) is 2.10. The van der Waals surface area contributed by atoms with Gasteiger partial charge in [0.1, 0.15) is 24.9 Å². The van der Waals surface area contributed by atoms with Crippen LogP contribution < -0.4 is 0 Å². The second kappa shape index (κ2) is 11.6. The Hall–Kier alpha value is -3.20. The summed E-state index contributed by atoms with van der Waals surface area (Å²) in [6.45, 7) is 9.19. The van der Waals surface area contributed by atoms with Gasteiger partial charge < -0.3 is 24.1 Å². The maximum Gasteiger partial charge on any atom is 0.336 e. The summed E-state index contributed by atoms with van der Waals surface area (Å²) in [4.78, 5) is 47.5. The van der Waals surface area contributed by atoms with Crippen molar-refractivity contribution in [3.8, 4) is 0 Å². The van der Waals surface area contributed by atoms with E-state index in [1.54, 1.807) is 13.0 Å². The summed E-state index contributed by atoms with van der Waals surface area (Å²) in [5.74, 6) is -3.04. The van der Waals surface area contributed by atoms with E-state index >= 15 is 0 Å². The molecular weight excluding hydrogens is 432 g/mol. The number of esters is 4. The Kier molecular flexibility index (Phi) is 9.16. The van der Waals surface area contributed by atoms with Crippen LogP contribution in [0.15, 0.2) is 47.1 Å². The van der Waals surface area contributed by atoms with Gasteiger partial charge in [-0.25, -0.2) is 9.59 Å². The molecule has 9 heteroatoms. The molecule has 0 unspecified atom stereocenters. The molecule has 9 nitrogen and oxygen atoms in total. The molecule has 1 fully saturated rings. The smallest absolute Gasteiger partial charge is 0.336 e. The van der Waals surface area contributed by atoms with Gasteiger partial charge in [-0.05, 0) is 31.6 Å². The molecule has 1 N–H and O–H groups in total. The largest absolute Gasteiger partial charge is 0.462 e. The molecule has 0 aromatic heterocycles. The lowest BCUT2D eigenvalue weighted by molar-refractivity contribution is -0.148. The molecule has 1 aliphatic heterocycles. The lowest BCUT2D eigenvalue weighted by Crippen LogP contribution is -2.34. The van der Waals surface area contributed by atoms with E-state index < -0.39 is 54.7 Å². The summed E-state index contributed by atoms with van der Waals surface area (Å²) in [5.41, 5.74) is 1.62. The van der Waals surface area contributed by atoms with Crippen LogP contribution >= 0.6 is 0 Å². The number of hydrogen-bond acceptors (Lipinski definition) is 9. The molecule has 1 heterocycles. The summed E-state index contributed by atoms with van der Waals surface area (Å²) < 4.78 is 21.4. The number of rotatable bonds is 6. The maximum absolute atomic E-state index is 12.8. The fourth-order valence-electron chi connectivity index (χ4n) is 3.71. The molecule has 0 saturated carbocycles. The van der Waals surface area contributed by atoms with Crippen molar-refractivity contribution in [3.63, 3.8) is 0 Å². The lowest BCUT2D eigenvalue weighted by atomic mass is 9.85. The molecule has 1 aliphatic carbocycles. The Labute approximate surface area is 192 Å². The van der Waals surface area contributed by atoms with Gasteiger partial charge in [-0.3, -0.25) is 9.59 Å². The van der Waals surface area contributed by atoms with Crippen molar-refractivity contribution in [1.29, 1.82) is 0 Å². The van der Waals surface area contributed by atoms with E-state index in [0.29, 0.717) is 12.0 Å². The lowest BCUT2D eigenvalue weighted by Gasteiger charge is -2.28. The van der Waals surface area contributed by atoms with Crippen LogP contribution in [0.4, 0.5) is 0 Å². The van der Waals surface area contributed by atoms with Gasteiger partial charge >= 0.3 is 23.9 Å². The van der Waals surface area contributed by atoms with Crippen molar-refractivity contribution in [2.45, 2.75) is 58.8 Å². The van der Waals surface area contributed by atoms with Crippen LogP contribution in [0.25, 0.3) is 0 Å². The molecule has 2 rings (SSSR count). The SMILES string of the molecule is C=C1C(=O)O[C@@H]2/C=C(\C)[C@@H](OC(C)=O)C/C=C(\C)C[C@@H](OC(=O)/C(=C/COC(C)=O)CO)[C@@H]12. The third-order valence-electron chi connectivity index (χ3n) is 5.42. The topological polar surface area (TPSA) is 125 Å². The van der Waals surface area contributed by atoms with Gasteiger partial charge in [-0.1, -0.05) is 18.2 Å². The summed E-state index contributed by atoms with van der Waals surface area (Å²) in [6.07, 6.45) is 3.42. The standard InChI is InChI=1S/C24H30O9/c1-13-6-7-19(31-17(5)27)14(2)11-21-22(15(3)23(28)32-21)20(10-13)33-24(29)18(12-25)8-9-30-16(4)26/h6,8,11,19-22,25H,3,7,9-10,12H2,1-2,4-5H3/b13-6+,14-11+,18-8+/t19-,20+,21+,22+/m0/s1. The van der Waals surface area contributed by atoms with Gasteiger partial charge in [0.15, 0.2) is 0 Å². The molecule has 1 saturated heterocycles. The number of ether oxygens (including phenoxy) is 4. The minimum absolute atomic E-state index is 0.0796. The van der Waals surface area contributed by atoms with E-state index in [0.717, 1.165) is 5.57 Å². The first-order valence-electron chi connectivity index (χ1n) is 10.6. The van der Waals surface area contributed by atoms with Crippen molar-refractivity contribution in [1.82, 2.24) is 0 Å². The van der Waals surface area contributed by atoms with Crippen LogP contribution in [0.5, 0.6) is 0 Å². The van der Waals surface area contributed by atoms with E-state index in [9.17, 15) is 24.3 Å². The zero-order valence-electron chi connectivity index (χ0n) is 19.3. The Bertz CT molecular complexity index is 909. The minimum Gasteiger partial charge on any atom is -0.462 e. The number of carbonyl (C=O) groups excluding carboxylic acids is 4. The van der Waals surface area contributed by atoms with Crippen LogP contribution in [0.3, 0.4) is 0 Å². The highest BCUT2D eigenvalue weighted by atomic mass is 16.6. The van der Waals surface area contributed by atoms with Gasteiger partial charge in [0.25, 0.3) is 0 Å². The van der Waals surface area contributed by atoms with Crippen LogP contribution in [-0.4, -0.2) is 60.5 Å². The molecule has 0 aromatic carbocycles. The van der Waals surface area contributed by atoms with Crippen LogP contribution in [0.1, 0.15) is 40.5 Å². The van der Waals surface area contributed by atoms with Gasteiger partial charge in [-0.15, -0.1) is 0 Å². The fourth-order valence-corrected chi connectivity index (χ4v) is 3.71. The normalized spacial score (nSPS) is 28.9. The average molecular weight is 462 g/mol. The summed E-state index contributed by atoms with van der Waals surface area (Å²) in [7, 11) is 0. The molecule has 0 spiro atoms. The molecule has 180 valence electrons. The first-order valence-corrected chi connectivity index (χ1v) is 10.6. The van der Waals surface area contributed by atoms with Gasteiger partial charge in [0.2, 0.25) is 0 Å². The second-order valence-electron chi connectivity index (χ2n) is 8.05. The van der Waals surface area contributed by atoms with Gasteiger partial charge in [0.05, 0.1) is 18.1 Å². The molecule has 4 atom stereocenters. The summed E-state index contributed by atoms with van der Waals surface area (Å²) >= 11 is 0. The maximum atomic E-state index is 12.8. The fraction of sp³-hybridized carbons (Fsp3) is 0.500. The third-order valence-corrected chi connectivity index (χ3v) is 5.42. The van der Waals surface area contributed by atoms with Gasteiger partial charge in [-0.2, -0.15) is 0 Å². The highest BCUT2D eigenvalue weighted by Crippen LogP contribution is 2.36. The predicted molar refractivity (Wildman–Crippen MR) is 116 cm³/mol. The number of aliphatic hydroxyl groups excluding tert-OH is 1. The highest BCUT2D eigenvalue weighted by molar-refractivity contribution is 5.92. The highest BCUT2D eigenvalue weighted by Gasteiger charge is 2.45. The number of carbonyl (C=O) groups is 4. The third kappa shape index (κ3) is 7.15. The molecular formula is C24H30O9. The van der Waals surface area contributed by atoms with Crippen molar-refractivity contribution in [2.75, 3.05) is 13.2 Å². The van der Waals surface area contributed by atoms with Crippen molar-refractivity contribution >= 4 is 23.9 Å². The van der Waals surface area contributed by atoms with Crippen LogP contribution in [0.2, 0.25) is 0 Å². The Morgan fingerprint density at radius 2 is 1.91 bits per heavy atom. The number of aliphatic hydroxyl groups is 1. The Morgan fingerprint density at radius 1 is 1.21 bits per heavy atom. The van der Waals surface area contributed by atoms with Crippen LogP contribution in [-0.2, 0) is 38.1 Å². The molecule has 33 heavy (non-hydrogen) atoms. The first kappa shape index (κ1) is 26.1. The van der Waals surface area contributed by atoms with Gasteiger partial charge in [0, 0.05) is 32.3 Å². The second-order valence-corrected chi connectivity index (χ2v) is 8.05. The van der Waals surface area contributed by atoms with E-state index in [1.807, 2.05) is 13.0 Å². The number of fused-ring (bicyclic) bond motifs is 1. The van der Waals surface area contributed by atoms with Crippen molar-refractivity contribution < 1.29 is 43.2 Å². The molecule has 0 bridgehead atoms. The quantitative estimate of drug-likeness (QED) is 0.273. The average Bonchev–Trinajstić information content (AvgIpc) is 2.99. The summed E-state index contributed by atoms with van der Waals surface area (Å²) in [5, 5.41) is 9.57. The molecule has 0 radical (unpaired) electrons. The Balaban J connectivity index is 2.36. The van der Waals surface area contributed by atoms with E-state index in [1.165, 1.54) is 19.9 Å². The van der Waals surface area contributed by atoms with E-state index in [-0.39, 0.29) is 24.2 Å². The number of hydrogen-bond donors (Lipinski definition) is 1. The Morgan fingerprint density at radius 3 is 2.52 bits per heavy atom. The molecule has 0 aromatic rings. The molecule has 0 amide bonds. The summed E-state index contributed by atoms with van der Waals surface area (Å²) in [6, 6.07) is 0. The van der Waals surface area contributed by atoms with Crippen molar-refractivity contribution in [2.24, 2.45) is 5.92 Å². The monoisotopic (exact) mass is 462 g/mol. The van der Waals surface area contributed by atoms with E-state index in [4.69, 9.17) is 18.9 Å². The van der Waals surface area contributed by atoms with Crippen LogP contribution in [0, 0.1) is 5.92 Å². The first-order chi connectivity index (χ1) is 15.5. The zero-order valence-corrected chi connectivity index (χ0v) is 19.3. The molecule has 2 aliphatic rings. The van der Waals surface area contributed by atoms with Crippen molar-refractivity contribution in [3.05, 3.63) is 47.1 Å². The zero-order chi connectivity index (χ0) is 24.7. The van der Waals surface area contributed by atoms with E-state index in [2.05, 4.69) is 6.58 Å².